The van der Waals surface area contributed by atoms with Crippen LogP contribution in [0.25, 0.3) is 6.08 Å². The molecule has 1 aliphatic rings. The van der Waals surface area contributed by atoms with Gasteiger partial charge in [0.25, 0.3) is 11.8 Å². The maximum atomic E-state index is 12.7. The predicted molar refractivity (Wildman–Crippen MR) is 123 cm³/mol. The molecular weight excluding hydrogens is 472 g/mol. The van der Waals surface area contributed by atoms with Crippen molar-refractivity contribution in [1.82, 2.24) is 10.4 Å². The number of carbonyl (C=O) groups is 2. The maximum Gasteiger partial charge on any atom is 0.285 e. The van der Waals surface area contributed by atoms with Crippen LogP contribution in [0.1, 0.15) is 29.8 Å². The predicted octanol–water partition coefficient (Wildman–Crippen LogP) is 5.03. The van der Waals surface area contributed by atoms with Crippen molar-refractivity contribution in [3.05, 3.63) is 69.0 Å². The third kappa shape index (κ3) is 5.46. The molecule has 150 valence electrons. The van der Waals surface area contributed by atoms with Gasteiger partial charge in [-0.1, -0.05) is 49.9 Å². The third-order valence-electron chi connectivity index (χ3n) is 3.87. The summed E-state index contributed by atoms with van der Waals surface area (Å²) >= 11 is 9.92. The number of rotatable bonds is 6. The number of amides is 2. The fraction of sp³-hybridized carbons (Fsp3) is 0.190. The van der Waals surface area contributed by atoms with Gasteiger partial charge in [0.05, 0.1) is 16.0 Å². The second-order valence-corrected chi connectivity index (χ2v) is 9.25. The lowest BCUT2D eigenvalue weighted by Crippen LogP contribution is -2.44. The fourth-order valence-electron chi connectivity index (χ4n) is 2.45. The van der Waals surface area contributed by atoms with Gasteiger partial charge in [0, 0.05) is 5.56 Å². The number of nitrogens with zero attached hydrogens (tertiary/aromatic N) is 1. The third-order valence-corrected chi connectivity index (χ3v) is 5.79. The monoisotopic (exact) mass is 490 g/mol. The summed E-state index contributed by atoms with van der Waals surface area (Å²) in [5.74, 6) is 0.422. The summed E-state index contributed by atoms with van der Waals surface area (Å²) in [7, 11) is 0. The molecule has 0 unspecified atom stereocenters. The number of benzene rings is 2. The number of thioether (sulfide) groups is 1. The second kappa shape index (κ2) is 9.56. The molecule has 0 aliphatic carbocycles. The Morgan fingerprint density at radius 3 is 2.66 bits per heavy atom. The number of hydrogen-bond donors (Lipinski definition) is 1. The highest BCUT2D eigenvalue weighted by atomic mass is 79.9. The van der Waals surface area contributed by atoms with Crippen LogP contribution >= 0.6 is 39.9 Å². The SMILES string of the molecule is CC(C)COc1ccc(/C=C2/SC(=S)N(NC(=O)c3ccccc3)C2=O)cc1Br. The molecule has 2 aromatic carbocycles. The van der Waals surface area contributed by atoms with Gasteiger partial charge in [-0.15, -0.1) is 0 Å². The van der Waals surface area contributed by atoms with E-state index in [0.717, 1.165) is 32.6 Å². The van der Waals surface area contributed by atoms with Crippen LogP contribution in [-0.4, -0.2) is 27.8 Å². The average molecular weight is 491 g/mol. The first-order chi connectivity index (χ1) is 13.8. The summed E-state index contributed by atoms with van der Waals surface area (Å²) < 4.78 is 6.83. The van der Waals surface area contributed by atoms with Gasteiger partial charge in [-0.2, -0.15) is 5.01 Å². The number of halogens is 1. The number of thiocarbonyl (C=S) groups is 1. The molecule has 1 heterocycles. The normalized spacial score (nSPS) is 15.3. The molecule has 0 spiro atoms. The van der Waals surface area contributed by atoms with E-state index in [1.807, 2.05) is 24.3 Å². The molecule has 29 heavy (non-hydrogen) atoms. The highest BCUT2D eigenvalue weighted by molar-refractivity contribution is 9.10. The van der Waals surface area contributed by atoms with Crippen LogP contribution in [0.5, 0.6) is 5.75 Å². The Labute approximate surface area is 187 Å². The molecule has 5 nitrogen and oxygen atoms in total. The zero-order valence-electron chi connectivity index (χ0n) is 15.8. The molecule has 0 aromatic heterocycles. The van der Waals surface area contributed by atoms with Crippen molar-refractivity contribution in [1.29, 1.82) is 0 Å². The smallest absolute Gasteiger partial charge is 0.285 e. The summed E-state index contributed by atoms with van der Waals surface area (Å²) in [6, 6.07) is 14.3. The minimum absolute atomic E-state index is 0.279. The van der Waals surface area contributed by atoms with E-state index in [0.29, 0.717) is 23.0 Å². The first kappa shape index (κ1) is 21.5. The van der Waals surface area contributed by atoms with Crippen molar-refractivity contribution in [3.63, 3.8) is 0 Å². The minimum atomic E-state index is -0.391. The summed E-state index contributed by atoms with van der Waals surface area (Å²) in [5.41, 5.74) is 3.84. The van der Waals surface area contributed by atoms with Crippen LogP contribution in [0.2, 0.25) is 0 Å². The van der Waals surface area contributed by atoms with Crippen LogP contribution in [-0.2, 0) is 4.79 Å². The van der Waals surface area contributed by atoms with Gasteiger partial charge in [0.1, 0.15) is 5.75 Å². The fourth-order valence-corrected chi connectivity index (χ4v) is 4.14. The summed E-state index contributed by atoms with van der Waals surface area (Å²) in [6.45, 7) is 4.79. The van der Waals surface area contributed by atoms with Gasteiger partial charge in [0.15, 0.2) is 4.32 Å². The largest absolute Gasteiger partial charge is 0.492 e. The van der Waals surface area contributed by atoms with E-state index in [2.05, 4.69) is 35.2 Å². The number of hydrogen-bond acceptors (Lipinski definition) is 5. The topological polar surface area (TPSA) is 58.6 Å². The lowest BCUT2D eigenvalue weighted by atomic mass is 10.2. The van der Waals surface area contributed by atoms with Gasteiger partial charge in [-0.25, -0.2) is 0 Å². The average Bonchev–Trinajstić information content (AvgIpc) is 2.95. The summed E-state index contributed by atoms with van der Waals surface area (Å²) in [5, 5.41) is 1.11. The molecule has 8 heteroatoms. The van der Waals surface area contributed by atoms with Crippen molar-refractivity contribution < 1.29 is 14.3 Å². The minimum Gasteiger partial charge on any atom is -0.492 e. The number of carbonyl (C=O) groups excluding carboxylic acids is 2. The van der Waals surface area contributed by atoms with E-state index in [4.69, 9.17) is 17.0 Å². The first-order valence-corrected chi connectivity index (χ1v) is 10.9. The van der Waals surface area contributed by atoms with Crippen molar-refractivity contribution in [2.45, 2.75) is 13.8 Å². The zero-order valence-corrected chi connectivity index (χ0v) is 19.1. The van der Waals surface area contributed by atoms with Crippen LogP contribution in [0.3, 0.4) is 0 Å². The summed E-state index contributed by atoms with van der Waals surface area (Å²) in [4.78, 5) is 25.5. The molecule has 0 atom stereocenters. The molecule has 0 saturated carbocycles. The van der Waals surface area contributed by atoms with Crippen LogP contribution in [0.15, 0.2) is 57.9 Å². The van der Waals surface area contributed by atoms with Crippen molar-refractivity contribution >= 4 is 62.1 Å². The molecule has 2 amide bonds. The van der Waals surface area contributed by atoms with Gasteiger partial charge in [-0.05, 0) is 70.0 Å². The number of nitrogens with one attached hydrogen (secondary N) is 1. The van der Waals surface area contributed by atoms with E-state index in [1.54, 1.807) is 30.3 Å². The Balaban J connectivity index is 1.72. The van der Waals surface area contributed by atoms with E-state index >= 15 is 0 Å². The highest BCUT2D eigenvalue weighted by Gasteiger charge is 2.33. The van der Waals surface area contributed by atoms with E-state index < -0.39 is 5.91 Å². The zero-order chi connectivity index (χ0) is 21.0. The summed E-state index contributed by atoms with van der Waals surface area (Å²) in [6.07, 6.45) is 1.74. The molecule has 1 aliphatic heterocycles. The standard InChI is InChI=1S/C21H19BrN2O3S2/c1-13(2)12-27-17-9-8-14(10-16(17)22)11-18-20(26)24(21(28)29-18)23-19(25)15-6-4-3-5-7-15/h3-11,13H,12H2,1-2H3,(H,23,25)/b18-11+. The van der Waals surface area contributed by atoms with Crippen LogP contribution < -0.4 is 10.2 Å². The van der Waals surface area contributed by atoms with Gasteiger partial charge in [-0.3, -0.25) is 15.0 Å². The molecular formula is C21H19BrN2O3S2. The Hall–Kier alpha value is -2.16. The lowest BCUT2D eigenvalue weighted by Gasteiger charge is -2.15. The molecule has 3 rings (SSSR count). The van der Waals surface area contributed by atoms with Crippen LogP contribution in [0.4, 0.5) is 0 Å². The Bertz CT molecular complexity index is 977. The highest BCUT2D eigenvalue weighted by Crippen LogP contribution is 2.33. The molecule has 1 fully saturated rings. The quantitative estimate of drug-likeness (QED) is 0.454. The van der Waals surface area contributed by atoms with Gasteiger partial charge < -0.3 is 4.74 Å². The maximum absolute atomic E-state index is 12.7. The second-order valence-electron chi connectivity index (χ2n) is 6.72. The van der Waals surface area contributed by atoms with Crippen molar-refractivity contribution in [3.8, 4) is 5.75 Å². The number of ether oxygens (including phenoxy) is 1. The Morgan fingerprint density at radius 2 is 2.00 bits per heavy atom. The van der Waals surface area contributed by atoms with E-state index in [9.17, 15) is 9.59 Å². The van der Waals surface area contributed by atoms with Crippen molar-refractivity contribution in [2.75, 3.05) is 6.61 Å². The lowest BCUT2D eigenvalue weighted by molar-refractivity contribution is -0.123. The Morgan fingerprint density at radius 1 is 1.28 bits per heavy atom. The van der Waals surface area contributed by atoms with E-state index in [-0.39, 0.29) is 10.2 Å². The van der Waals surface area contributed by atoms with Gasteiger partial charge >= 0.3 is 0 Å². The van der Waals surface area contributed by atoms with Crippen LogP contribution in [0, 0.1) is 5.92 Å². The number of hydrazine groups is 1. The molecule has 2 aromatic rings. The molecule has 1 N–H and O–H groups in total. The first-order valence-electron chi connectivity index (χ1n) is 8.91. The molecule has 0 bridgehead atoms. The van der Waals surface area contributed by atoms with Gasteiger partial charge in [0.2, 0.25) is 0 Å². The van der Waals surface area contributed by atoms with E-state index in [1.165, 1.54) is 0 Å². The molecule has 0 radical (unpaired) electrons. The Kier molecular flexibility index (Phi) is 7.10. The molecule has 1 saturated heterocycles. The van der Waals surface area contributed by atoms with Crippen molar-refractivity contribution in [2.24, 2.45) is 5.92 Å².